The molecule has 2 rings (SSSR count). The third-order valence-electron chi connectivity index (χ3n) is 2.90. The van der Waals surface area contributed by atoms with Gasteiger partial charge >= 0.3 is 0 Å². The molecule has 0 aliphatic carbocycles. The minimum Gasteiger partial charge on any atom is -0.444 e. The number of nitrogens with one attached hydrogen (secondary N) is 1. The third kappa shape index (κ3) is 3.91. The van der Waals surface area contributed by atoms with Gasteiger partial charge in [-0.3, -0.25) is 4.79 Å². The van der Waals surface area contributed by atoms with Gasteiger partial charge in [-0.25, -0.2) is 4.98 Å². The molecule has 0 aromatic carbocycles. The van der Waals surface area contributed by atoms with E-state index < -0.39 is 6.10 Å². The van der Waals surface area contributed by atoms with Crippen molar-refractivity contribution in [1.82, 2.24) is 10.3 Å². The SMILES string of the molecule is CC(C)C(O)CNC(=O)Cc1coc(-c2cccs2)n1. The molecule has 0 spiro atoms. The van der Waals surface area contributed by atoms with Gasteiger partial charge in [0.1, 0.15) is 6.26 Å². The van der Waals surface area contributed by atoms with Gasteiger partial charge in [0.2, 0.25) is 11.8 Å². The second-order valence-corrected chi connectivity index (χ2v) is 5.86. The zero-order valence-corrected chi connectivity index (χ0v) is 12.3. The molecule has 0 aliphatic rings. The van der Waals surface area contributed by atoms with Gasteiger partial charge in [-0.05, 0) is 17.4 Å². The molecule has 0 bridgehead atoms. The Morgan fingerprint density at radius 3 is 3.00 bits per heavy atom. The highest BCUT2D eigenvalue weighted by molar-refractivity contribution is 7.13. The van der Waals surface area contributed by atoms with Crippen LogP contribution >= 0.6 is 11.3 Å². The lowest BCUT2D eigenvalue weighted by atomic mass is 10.1. The molecule has 2 aromatic heterocycles. The standard InChI is InChI=1S/C14H18N2O3S/c1-9(2)11(17)7-15-13(18)6-10-8-19-14(16-10)12-4-3-5-20-12/h3-5,8-9,11,17H,6-7H2,1-2H3,(H,15,18). The molecule has 0 aliphatic heterocycles. The number of hydrogen-bond donors (Lipinski definition) is 2. The smallest absolute Gasteiger partial charge is 0.236 e. The quantitative estimate of drug-likeness (QED) is 0.855. The molecule has 0 saturated heterocycles. The minimum absolute atomic E-state index is 0.118. The van der Waals surface area contributed by atoms with Crippen LogP contribution in [0.2, 0.25) is 0 Å². The summed E-state index contributed by atoms with van der Waals surface area (Å²) in [5.41, 5.74) is 0.588. The summed E-state index contributed by atoms with van der Waals surface area (Å²) in [6, 6.07) is 3.84. The van der Waals surface area contributed by atoms with Crippen LogP contribution in [-0.2, 0) is 11.2 Å². The van der Waals surface area contributed by atoms with Gasteiger partial charge in [0.15, 0.2) is 0 Å². The number of nitrogens with zero attached hydrogens (tertiary/aromatic N) is 1. The Morgan fingerprint density at radius 1 is 1.55 bits per heavy atom. The molecule has 20 heavy (non-hydrogen) atoms. The van der Waals surface area contributed by atoms with E-state index in [0.717, 1.165) is 4.88 Å². The number of aliphatic hydroxyl groups excluding tert-OH is 1. The average Bonchev–Trinajstić information content (AvgIpc) is 3.05. The molecule has 1 amide bonds. The fourth-order valence-electron chi connectivity index (χ4n) is 1.58. The summed E-state index contributed by atoms with van der Waals surface area (Å²) in [6.45, 7) is 4.07. The molecule has 1 atom stereocenters. The number of carbonyl (C=O) groups is 1. The lowest BCUT2D eigenvalue weighted by Crippen LogP contribution is -2.35. The van der Waals surface area contributed by atoms with Crippen molar-refractivity contribution in [1.29, 1.82) is 0 Å². The molecule has 0 radical (unpaired) electrons. The number of carbonyl (C=O) groups excluding carboxylic acids is 1. The summed E-state index contributed by atoms with van der Waals surface area (Å²) in [4.78, 5) is 16.9. The zero-order chi connectivity index (χ0) is 14.5. The van der Waals surface area contributed by atoms with Crippen molar-refractivity contribution in [3.63, 3.8) is 0 Å². The Bertz CT molecular complexity index is 549. The molecule has 0 saturated carbocycles. The summed E-state index contributed by atoms with van der Waals surface area (Å²) in [7, 11) is 0. The van der Waals surface area contributed by atoms with Crippen molar-refractivity contribution in [3.05, 3.63) is 29.5 Å². The molecular weight excluding hydrogens is 276 g/mol. The lowest BCUT2D eigenvalue weighted by molar-refractivity contribution is -0.121. The van der Waals surface area contributed by atoms with Crippen molar-refractivity contribution in [2.24, 2.45) is 5.92 Å². The van der Waals surface area contributed by atoms with Crippen LogP contribution in [-0.4, -0.2) is 28.6 Å². The van der Waals surface area contributed by atoms with E-state index in [-0.39, 0.29) is 24.8 Å². The van der Waals surface area contributed by atoms with E-state index in [1.165, 1.54) is 17.6 Å². The van der Waals surface area contributed by atoms with Gasteiger partial charge in [0.25, 0.3) is 0 Å². The van der Waals surface area contributed by atoms with Crippen LogP contribution in [0.3, 0.4) is 0 Å². The first kappa shape index (κ1) is 14.7. The van der Waals surface area contributed by atoms with Crippen molar-refractivity contribution < 1.29 is 14.3 Å². The van der Waals surface area contributed by atoms with Crippen LogP contribution in [0.25, 0.3) is 10.8 Å². The van der Waals surface area contributed by atoms with E-state index in [4.69, 9.17) is 4.42 Å². The second kappa shape index (κ2) is 6.67. The lowest BCUT2D eigenvalue weighted by Gasteiger charge is -2.14. The van der Waals surface area contributed by atoms with E-state index in [1.54, 1.807) is 0 Å². The zero-order valence-electron chi connectivity index (χ0n) is 11.5. The normalized spacial score (nSPS) is 12.6. The highest BCUT2D eigenvalue weighted by atomic mass is 32.1. The topological polar surface area (TPSA) is 75.4 Å². The van der Waals surface area contributed by atoms with Crippen molar-refractivity contribution in [2.75, 3.05) is 6.54 Å². The summed E-state index contributed by atoms with van der Waals surface area (Å²) >= 11 is 1.54. The van der Waals surface area contributed by atoms with Crippen LogP contribution in [0, 0.1) is 5.92 Å². The Labute approximate surface area is 121 Å². The summed E-state index contributed by atoms with van der Waals surface area (Å²) in [5.74, 6) is 0.480. The Morgan fingerprint density at radius 2 is 2.35 bits per heavy atom. The maximum Gasteiger partial charge on any atom is 0.236 e. The molecule has 0 fully saturated rings. The fraction of sp³-hybridized carbons (Fsp3) is 0.429. The number of aliphatic hydroxyl groups is 1. The molecular formula is C14H18N2O3S. The van der Waals surface area contributed by atoms with E-state index in [0.29, 0.717) is 11.6 Å². The average molecular weight is 294 g/mol. The first-order valence-electron chi connectivity index (χ1n) is 6.49. The fourth-order valence-corrected chi connectivity index (χ4v) is 2.24. The second-order valence-electron chi connectivity index (χ2n) is 4.91. The monoisotopic (exact) mass is 294 g/mol. The van der Waals surface area contributed by atoms with Crippen LogP contribution in [0.4, 0.5) is 0 Å². The Kier molecular flexibility index (Phi) is 4.92. The van der Waals surface area contributed by atoms with Gasteiger partial charge < -0.3 is 14.8 Å². The van der Waals surface area contributed by atoms with Gasteiger partial charge in [0, 0.05) is 6.54 Å². The summed E-state index contributed by atoms with van der Waals surface area (Å²) in [5, 5.41) is 14.3. The van der Waals surface area contributed by atoms with Crippen LogP contribution in [0.5, 0.6) is 0 Å². The summed E-state index contributed by atoms with van der Waals surface area (Å²) < 4.78 is 5.34. The van der Waals surface area contributed by atoms with Crippen molar-refractivity contribution >= 4 is 17.2 Å². The van der Waals surface area contributed by atoms with Gasteiger partial charge in [-0.1, -0.05) is 19.9 Å². The maximum absolute atomic E-state index is 11.7. The molecule has 2 aromatic rings. The number of rotatable bonds is 6. The number of thiophene rings is 1. The first-order valence-corrected chi connectivity index (χ1v) is 7.37. The molecule has 2 N–H and O–H groups in total. The maximum atomic E-state index is 11.7. The number of amides is 1. The highest BCUT2D eigenvalue weighted by Crippen LogP contribution is 2.23. The predicted molar refractivity (Wildman–Crippen MR) is 77.4 cm³/mol. The van der Waals surface area contributed by atoms with Gasteiger partial charge in [-0.2, -0.15) is 0 Å². The number of hydrogen-bond acceptors (Lipinski definition) is 5. The third-order valence-corrected chi connectivity index (χ3v) is 3.76. The van der Waals surface area contributed by atoms with Crippen LogP contribution in [0.1, 0.15) is 19.5 Å². The van der Waals surface area contributed by atoms with E-state index in [2.05, 4.69) is 10.3 Å². The molecule has 108 valence electrons. The van der Waals surface area contributed by atoms with E-state index >= 15 is 0 Å². The minimum atomic E-state index is -0.530. The largest absolute Gasteiger partial charge is 0.444 e. The number of aromatic nitrogens is 1. The van der Waals surface area contributed by atoms with Crippen LogP contribution in [0.15, 0.2) is 28.2 Å². The highest BCUT2D eigenvalue weighted by Gasteiger charge is 2.13. The van der Waals surface area contributed by atoms with Gasteiger partial charge in [-0.15, -0.1) is 11.3 Å². The van der Waals surface area contributed by atoms with E-state index in [9.17, 15) is 9.90 Å². The molecule has 5 nitrogen and oxygen atoms in total. The van der Waals surface area contributed by atoms with Crippen molar-refractivity contribution in [3.8, 4) is 10.8 Å². The van der Waals surface area contributed by atoms with Crippen LogP contribution < -0.4 is 5.32 Å². The number of oxazole rings is 1. The summed E-state index contributed by atoms with van der Waals surface area (Å²) in [6.07, 6.45) is 1.12. The molecule has 6 heteroatoms. The first-order chi connectivity index (χ1) is 9.56. The Hall–Kier alpha value is -1.66. The van der Waals surface area contributed by atoms with Gasteiger partial charge in [0.05, 0.1) is 23.1 Å². The Balaban J connectivity index is 1.86. The molecule has 2 heterocycles. The predicted octanol–water partition coefficient (Wildman–Crippen LogP) is 2.08. The van der Waals surface area contributed by atoms with Crippen molar-refractivity contribution in [2.45, 2.75) is 26.4 Å². The van der Waals surface area contributed by atoms with E-state index in [1.807, 2.05) is 31.4 Å². The molecule has 1 unspecified atom stereocenters.